The molecule has 0 aliphatic rings. The van der Waals surface area contributed by atoms with E-state index in [4.69, 9.17) is 10.8 Å². The van der Waals surface area contributed by atoms with Gasteiger partial charge in [-0.25, -0.2) is 4.79 Å². The molecule has 1 amide bonds. The molecule has 0 radical (unpaired) electrons. The molecular weight excluding hydrogens is 292 g/mol. The van der Waals surface area contributed by atoms with Crippen LogP contribution in [0.5, 0.6) is 0 Å². The van der Waals surface area contributed by atoms with E-state index >= 15 is 0 Å². The molecule has 0 saturated heterocycles. The van der Waals surface area contributed by atoms with Gasteiger partial charge in [0, 0.05) is 5.69 Å². The van der Waals surface area contributed by atoms with Crippen LogP contribution in [0.15, 0.2) is 60.7 Å². The van der Waals surface area contributed by atoms with Gasteiger partial charge in [-0.3, -0.25) is 4.79 Å². The molecule has 0 aliphatic carbocycles. The monoisotopic (exact) mass is 306 g/mol. The van der Waals surface area contributed by atoms with E-state index in [9.17, 15) is 9.59 Å². The molecule has 0 spiro atoms. The zero-order valence-electron chi connectivity index (χ0n) is 12.1. The highest BCUT2D eigenvalue weighted by Gasteiger charge is 2.07. The van der Waals surface area contributed by atoms with Crippen molar-refractivity contribution in [3.05, 3.63) is 71.9 Å². The molecule has 0 saturated carbocycles. The minimum absolute atomic E-state index is 0.260. The van der Waals surface area contributed by atoms with E-state index in [0.717, 1.165) is 22.4 Å². The van der Waals surface area contributed by atoms with Crippen LogP contribution >= 0.6 is 0 Å². The Morgan fingerprint density at radius 2 is 1.30 bits per heavy atom. The fourth-order valence-corrected chi connectivity index (χ4v) is 2.35. The van der Waals surface area contributed by atoms with Crippen molar-refractivity contribution < 1.29 is 14.7 Å². The molecule has 1 heterocycles. The summed E-state index contributed by atoms with van der Waals surface area (Å²) in [6, 6.07) is 17.9. The third-order valence-electron chi connectivity index (χ3n) is 3.61. The van der Waals surface area contributed by atoms with Crippen molar-refractivity contribution >= 4 is 11.9 Å². The van der Waals surface area contributed by atoms with Gasteiger partial charge in [0.25, 0.3) is 5.91 Å². The Morgan fingerprint density at radius 1 is 0.783 bits per heavy atom. The van der Waals surface area contributed by atoms with Gasteiger partial charge >= 0.3 is 5.97 Å². The average molecular weight is 306 g/mol. The molecule has 23 heavy (non-hydrogen) atoms. The summed E-state index contributed by atoms with van der Waals surface area (Å²) in [5.74, 6) is -1.43. The molecule has 5 nitrogen and oxygen atoms in total. The summed E-state index contributed by atoms with van der Waals surface area (Å²) in [6.45, 7) is 0. The number of benzene rings is 2. The van der Waals surface area contributed by atoms with Crippen LogP contribution in [0.2, 0.25) is 0 Å². The SMILES string of the molecule is NC(=O)c1ccc(-c2ccc(-c3ccc(C(=O)O)cc3)cc2)[nH]1. The zero-order chi connectivity index (χ0) is 16.4. The van der Waals surface area contributed by atoms with E-state index in [2.05, 4.69) is 4.98 Å². The lowest BCUT2D eigenvalue weighted by atomic mass is 10.0. The van der Waals surface area contributed by atoms with E-state index in [1.165, 1.54) is 0 Å². The molecule has 0 fully saturated rings. The lowest BCUT2D eigenvalue weighted by Gasteiger charge is -2.04. The van der Waals surface area contributed by atoms with Gasteiger partial charge in [-0.15, -0.1) is 0 Å². The van der Waals surface area contributed by atoms with E-state index in [-0.39, 0.29) is 5.56 Å². The van der Waals surface area contributed by atoms with Crippen LogP contribution in [0.4, 0.5) is 0 Å². The van der Waals surface area contributed by atoms with Gasteiger partial charge in [0.2, 0.25) is 0 Å². The second kappa shape index (κ2) is 5.81. The summed E-state index contributed by atoms with van der Waals surface area (Å²) in [6.07, 6.45) is 0. The second-order valence-corrected chi connectivity index (χ2v) is 5.11. The van der Waals surface area contributed by atoms with Crippen LogP contribution in [0.3, 0.4) is 0 Å². The number of aromatic amines is 1. The van der Waals surface area contributed by atoms with Gasteiger partial charge in [0.05, 0.1) is 5.56 Å². The smallest absolute Gasteiger partial charge is 0.335 e. The van der Waals surface area contributed by atoms with Crippen LogP contribution in [0.25, 0.3) is 22.4 Å². The number of rotatable bonds is 4. The van der Waals surface area contributed by atoms with Gasteiger partial charge in [-0.2, -0.15) is 0 Å². The van der Waals surface area contributed by atoms with Gasteiger partial charge in [-0.05, 0) is 41.0 Å². The maximum Gasteiger partial charge on any atom is 0.335 e. The second-order valence-electron chi connectivity index (χ2n) is 5.11. The van der Waals surface area contributed by atoms with Crippen molar-refractivity contribution in [1.82, 2.24) is 4.98 Å². The fourth-order valence-electron chi connectivity index (χ4n) is 2.35. The number of carbonyl (C=O) groups excluding carboxylic acids is 1. The van der Waals surface area contributed by atoms with Crippen LogP contribution in [-0.2, 0) is 0 Å². The molecule has 2 aromatic carbocycles. The predicted molar refractivity (Wildman–Crippen MR) is 87.1 cm³/mol. The van der Waals surface area contributed by atoms with Crippen molar-refractivity contribution in [3.63, 3.8) is 0 Å². The van der Waals surface area contributed by atoms with E-state index in [0.29, 0.717) is 5.69 Å². The highest BCUT2D eigenvalue weighted by molar-refractivity contribution is 5.92. The Hall–Kier alpha value is -3.34. The van der Waals surface area contributed by atoms with Gasteiger partial charge < -0.3 is 15.8 Å². The summed E-state index contributed by atoms with van der Waals surface area (Å²) >= 11 is 0. The number of nitrogens with one attached hydrogen (secondary N) is 1. The van der Waals surface area contributed by atoms with Crippen LogP contribution in [0.1, 0.15) is 20.8 Å². The third-order valence-corrected chi connectivity index (χ3v) is 3.61. The maximum absolute atomic E-state index is 11.1. The summed E-state index contributed by atoms with van der Waals surface area (Å²) in [5.41, 5.74) is 9.52. The molecule has 4 N–H and O–H groups in total. The largest absolute Gasteiger partial charge is 0.478 e. The van der Waals surface area contributed by atoms with Crippen molar-refractivity contribution in [3.8, 4) is 22.4 Å². The quantitative estimate of drug-likeness (QED) is 0.690. The number of aromatic nitrogens is 1. The summed E-state index contributed by atoms with van der Waals surface area (Å²) in [5, 5.41) is 8.91. The lowest BCUT2D eigenvalue weighted by Crippen LogP contribution is -2.10. The molecular formula is C18H14N2O3. The minimum Gasteiger partial charge on any atom is -0.478 e. The highest BCUT2D eigenvalue weighted by Crippen LogP contribution is 2.24. The normalized spacial score (nSPS) is 10.4. The Morgan fingerprint density at radius 3 is 1.78 bits per heavy atom. The minimum atomic E-state index is -0.941. The number of carbonyl (C=O) groups is 2. The summed E-state index contributed by atoms with van der Waals surface area (Å²) < 4.78 is 0. The first-order valence-corrected chi connectivity index (χ1v) is 6.97. The Bertz CT molecular complexity index is 862. The van der Waals surface area contributed by atoms with Crippen LogP contribution < -0.4 is 5.73 Å². The summed E-state index contributed by atoms with van der Waals surface area (Å²) in [4.78, 5) is 24.9. The Labute approximate surface area is 132 Å². The first kappa shape index (κ1) is 14.6. The van der Waals surface area contributed by atoms with Crippen molar-refractivity contribution in [2.45, 2.75) is 0 Å². The number of aromatic carboxylic acids is 1. The lowest BCUT2D eigenvalue weighted by molar-refractivity contribution is 0.0696. The van der Waals surface area contributed by atoms with Crippen molar-refractivity contribution in [1.29, 1.82) is 0 Å². The van der Waals surface area contributed by atoms with Crippen molar-refractivity contribution in [2.75, 3.05) is 0 Å². The standard InChI is InChI=1S/C18H14N2O3/c19-17(21)16-10-9-15(20-16)13-5-1-11(2-6-13)12-3-7-14(8-4-12)18(22)23/h1-10,20H,(H2,19,21)(H,22,23). The molecule has 5 heteroatoms. The van der Waals surface area contributed by atoms with Gasteiger partial charge in [0.15, 0.2) is 0 Å². The Balaban J connectivity index is 1.86. The number of primary amides is 1. The first-order valence-electron chi connectivity index (χ1n) is 6.97. The molecule has 0 bridgehead atoms. The number of carboxylic acid groups (broad SMARTS) is 1. The molecule has 3 rings (SSSR count). The topological polar surface area (TPSA) is 96.2 Å². The number of nitrogens with two attached hydrogens (primary N) is 1. The first-order chi connectivity index (χ1) is 11.0. The van der Waals surface area contributed by atoms with E-state index in [1.807, 2.05) is 24.3 Å². The van der Waals surface area contributed by atoms with Gasteiger partial charge in [0.1, 0.15) is 5.69 Å². The number of carboxylic acids is 1. The molecule has 114 valence electrons. The van der Waals surface area contributed by atoms with Crippen LogP contribution in [0, 0.1) is 0 Å². The number of hydrogen-bond donors (Lipinski definition) is 3. The predicted octanol–water partition coefficient (Wildman–Crippen LogP) is 3.15. The summed E-state index contributed by atoms with van der Waals surface area (Å²) in [7, 11) is 0. The van der Waals surface area contributed by atoms with E-state index in [1.54, 1.807) is 36.4 Å². The molecule has 0 atom stereocenters. The molecule has 1 aromatic heterocycles. The fraction of sp³-hybridized carbons (Fsp3) is 0. The van der Waals surface area contributed by atoms with E-state index < -0.39 is 11.9 Å². The highest BCUT2D eigenvalue weighted by atomic mass is 16.4. The van der Waals surface area contributed by atoms with Gasteiger partial charge in [-0.1, -0.05) is 36.4 Å². The van der Waals surface area contributed by atoms with Crippen molar-refractivity contribution in [2.24, 2.45) is 5.73 Å². The molecule has 0 aliphatic heterocycles. The molecule has 3 aromatic rings. The third kappa shape index (κ3) is 2.98. The van der Waals surface area contributed by atoms with Crippen LogP contribution in [-0.4, -0.2) is 22.0 Å². The number of H-pyrrole nitrogens is 1. The Kier molecular flexibility index (Phi) is 3.68. The molecule has 0 unspecified atom stereocenters. The number of amides is 1. The maximum atomic E-state index is 11.1. The zero-order valence-corrected chi connectivity index (χ0v) is 12.1. The number of hydrogen-bond acceptors (Lipinski definition) is 2. The average Bonchev–Trinajstić information content (AvgIpc) is 3.05.